The zero-order valence-electron chi connectivity index (χ0n) is 30.0. The van der Waals surface area contributed by atoms with Gasteiger partial charge < -0.3 is 30.7 Å². The van der Waals surface area contributed by atoms with E-state index in [0.29, 0.717) is 36.8 Å². The first-order valence-corrected chi connectivity index (χ1v) is 19.3. The molecule has 1 aliphatic carbocycles. The molecule has 4 N–H and O–H groups in total. The van der Waals surface area contributed by atoms with E-state index in [1.165, 1.54) is 39.9 Å². The van der Waals surface area contributed by atoms with Crippen LogP contribution in [0.2, 0.25) is 0 Å². The van der Waals surface area contributed by atoms with Gasteiger partial charge in [-0.1, -0.05) is 64.7 Å². The largest absolute Gasteiger partial charge is 0.489 e. The third-order valence-corrected chi connectivity index (χ3v) is 11.0. The van der Waals surface area contributed by atoms with Crippen LogP contribution in [0.4, 0.5) is 4.79 Å². The number of allylic oxidation sites excluding steroid dienone is 3. The minimum absolute atomic E-state index is 0.0668. The molecule has 11 nitrogen and oxygen atoms in total. The van der Waals surface area contributed by atoms with Gasteiger partial charge in [-0.15, -0.1) is 0 Å². The van der Waals surface area contributed by atoms with Crippen LogP contribution in [0, 0.1) is 0 Å². The van der Waals surface area contributed by atoms with Crippen LogP contribution in [-0.2, 0) is 28.7 Å². The van der Waals surface area contributed by atoms with Crippen molar-refractivity contribution in [3.63, 3.8) is 0 Å². The quantitative estimate of drug-likeness (QED) is 0.0443. The van der Waals surface area contributed by atoms with Crippen LogP contribution >= 0.6 is 11.8 Å². The van der Waals surface area contributed by atoms with Crippen LogP contribution in [0.3, 0.4) is 0 Å². The second-order valence-corrected chi connectivity index (χ2v) is 14.5. The summed E-state index contributed by atoms with van der Waals surface area (Å²) in [5.41, 5.74) is 0.885. The van der Waals surface area contributed by atoms with Gasteiger partial charge in [0.1, 0.15) is 0 Å². The van der Waals surface area contributed by atoms with E-state index >= 15 is 0 Å². The summed E-state index contributed by atoms with van der Waals surface area (Å²) < 4.78 is 10.4. The van der Waals surface area contributed by atoms with Crippen LogP contribution in [0.5, 0.6) is 0 Å². The molecule has 49 heavy (non-hydrogen) atoms. The molecular formula is C37H58N4O7S. The highest BCUT2D eigenvalue weighted by Gasteiger charge is 2.42. The summed E-state index contributed by atoms with van der Waals surface area (Å²) in [6.07, 6.45) is 16.7. The van der Waals surface area contributed by atoms with Gasteiger partial charge >= 0.3 is 6.03 Å². The predicted molar refractivity (Wildman–Crippen MR) is 193 cm³/mol. The molecule has 2 aliphatic heterocycles. The molecule has 2 fully saturated rings. The van der Waals surface area contributed by atoms with Crippen molar-refractivity contribution < 1.29 is 33.4 Å². The number of ether oxygens (including phenoxy) is 2. The van der Waals surface area contributed by atoms with E-state index in [-0.39, 0.29) is 52.6 Å². The zero-order chi connectivity index (χ0) is 35.6. The number of ketones is 2. The number of carbonyl (C=O) groups excluding carboxylic acids is 5. The molecule has 0 aromatic heterocycles. The number of nitrogens with one attached hydrogen (secondary N) is 4. The molecule has 0 aromatic carbocycles. The molecule has 274 valence electrons. The second-order valence-electron chi connectivity index (χ2n) is 13.2. The lowest BCUT2D eigenvalue weighted by Crippen LogP contribution is -2.36. The standard InChI is InChI=1S/C37H58N4O7S/c1-5-6-7-8-9-10-13-18-26(23-27-25(2)32(43)34(47-3)35(48-4)33(27)44)36(45)39-22-17-12-11-16-21-38-30(42)20-15-14-19-29-31-28(24-49-29)40-37(46)41-31/h23,28-29,31H,5-22,24H2,1-4H3,(H,38,42)(H,39,45)(H2,40,41,46)/b26-23+/t28?,29?,31-/m0/s1. The van der Waals surface area contributed by atoms with Crippen molar-refractivity contribution >= 4 is 41.2 Å². The maximum atomic E-state index is 13.3. The fourth-order valence-corrected chi connectivity index (χ4v) is 8.09. The Balaban J connectivity index is 1.36. The highest BCUT2D eigenvalue weighted by Crippen LogP contribution is 2.33. The zero-order valence-corrected chi connectivity index (χ0v) is 30.8. The minimum atomic E-state index is -0.465. The van der Waals surface area contributed by atoms with Crippen LogP contribution in [0.25, 0.3) is 0 Å². The van der Waals surface area contributed by atoms with Gasteiger partial charge in [-0.3, -0.25) is 19.2 Å². The Kier molecular flexibility index (Phi) is 17.8. The first-order valence-electron chi connectivity index (χ1n) is 18.3. The summed E-state index contributed by atoms with van der Waals surface area (Å²) in [5.74, 6) is -0.350. The average molecular weight is 703 g/mol. The molecule has 4 amide bonds. The number of urea groups is 1. The molecule has 3 rings (SSSR count). The maximum absolute atomic E-state index is 13.3. The molecular weight excluding hydrogens is 644 g/mol. The Hall–Kier alpha value is -3.28. The fourth-order valence-electron chi connectivity index (χ4n) is 6.54. The molecule has 3 aliphatic rings. The van der Waals surface area contributed by atoms with E-state index in [9.17, 15) is 24.0 Å². The van der Waals surface area contributed by atoms with Crippen molar-refractivity contribution in [3.8, 4) is 0 Å². The summed E-state index contributed by atoms with van der Waals surface area (Å²) in [6, 6.07) is 0.377. The fraction of sp³-hybridized carbons (Fsp3) is 0.703. The molecule has 0 aromatic rings. The van der Waals surface area contributed by atoms with Crippen LogP contribution in [-0.4, -0.2) is 79.8 Å². The second kappa shape index (κ2) is 21.7. The number of unbranched alkanes of at least 4 members (excludes halogenated alkanes) is 10. The molecule has 0 bridgehead atoms. The summed E-state index contributed by atoms with van der Waals surface area (Å²) in [6.45, 7) is 4.91. The molecule has 2 heterocycles. The van der Waals surface area contributed by atoms with Gasteiger partial charge in [-0.05, 0) is 51.5 Å². The lowest BCUT2D eigenvalue weighted by atomic mass is 9.90. The number of hydrogen-bond acceptors (Lipinski definition) is 8. The number of carbonyl (C=O) groups is 5. The Morgan fingerprint density at radius 1 is 0.796 bits per heavy atom. The summed E-state index contributed by atoms with van der Waals surface area (Å²) >= 11 is 1.90. The Labute approximate surface area is 296 Å². The highest BCUT2D eigenvalue weighted by atomic mass is 32.2. The monoisotopic (exact) mass is 702 g/mol. The first kappa shape index (κ1) is 40.2. The summed E-state index contributed by atoms with van der Waals surface area (Å²) in [5, 5.41) is 12.4. The molecule has 3 atom stereocenters. The Morgan fingerprint density at radius 2 is 1.41 bits per heavy atom. The van der Waals surface area contributed by atoms with Crippen molar-refractivity contribution in [2.75, 3.05) is 33.1 Å². The van der Waals surface area contributed by atoms with Crippen molar-refractivity contribution in [2.45, 2.75) is 134 Å². The van der Waals surface area contributed by atoms with E-state index in [0.717, 1.165) is 70.0 Å². The lowest BCUT2D eigenvalue weighted by molar-refractivity contribution is -0.121. The normalized spacial score (nSPS) is 20.7. The predicted octanol–water partition coefficient (Wildman–Crippen LogP) is 5.54. The first-order chi connectivity index (χ1) is 23.7. The summed E-state index contributed by atoms with van der Waals surface area (Å²) in [7, 11) is 2.65. The number of rotatable bonds is 24. The molecule has 2 saturated heterocycles. The van der Waals surface area contributed by atoms with Crippen molar-refractivity contribution in [3.05, 3.63) is 34.3 Å². The van der Waals surface area contributed by atoms with Gasteiger partial charge in [-0.2, -0.15) is 11.8 Å². The number of methoxy groups -OCH3 is 2. The van der Waals surface area contributed by atoms with Crippen LogP contribution < -0.4 is 21.3 Å². The van der Waals surface area contributed by atoms with Crippen molar-refractivity contribution in [1.82, 2.24) is 21.3 Å². The van der Waals surface area contributed by atoms with E-state index in [2.05, 4.69) is 28.2 Å². The van der Waals surface area contributed by atoms with E-state index in [1.807, 2.05) is 11.8 Å². The average Bonchev–Trinajstić information content (AvgIpc) is 3.65. The van der Waals surface area contributed by atoms with E-state index in [4.69, 9.17) is 9.47 Å². The lowest BCUT2D eigenvalue weighted by Gasteiger charge is -2.19. The van der Waals surface area contributed by atoms with Crippen LogP contribution in [0.1, 0.15) is 117 Å². The van der Waals surface area contributed by atoms with Gasteiger partial charge in [0, 0.05) is 47.2 Å². The van der Waals surface area contributed by atoms with Gasteiger partial charge in [0.05, 0.1) is 26.3 Å². The smallest absolute Gasteiger partial charge is 0.315 e. The SMILES string of the molecule is CCCCCCCCC/C(=C\C1=C(C)C(=O)C(OC)=C(OC)C1=O)C(=O)NCCCCCCNC(=O)CCCCC1SCC2NC(=O)N[C@@H]21. The third kappa shape index (κ3) is 12.5. The third-order valence-electron chi connectivity index (χ3n) is 9.47. The number of Topliss-reactive ketones (excluding diaryl/α,β-unsaturated/α-hetero) is 2. The molecule has 0 spiro atoms. The minimum Gasteiger partial charge on any atom is -0.489 e. The highest BCUT2D eigenvalue weighted by molar-refractivity contribution is 8.00. The van der Waals surface area contributed by atoms with E-state index < -0.39 is 11.6 Å². The van der Waals surface area contributed by atoms with Gasteiger partial charge in [-0.25, -0.2) is 4.79 Å². The number of fused-ring (bicyclic) bond motifs is 1. The van der Waals surface area contributed by atoms with Crippen molar-refractivity contribution in [2.24, 2.45) is 0 Å². The maximum Gasteiger partial charge on any atom is 0.315 e. The summed E-state index contributed by atoms with van der Waals surface area (Å²) in [4.78, 5) is 63.2. The van der Waals surface area contributed by atoms with Gasteiger partial charge in [0.15, 0.2) is 0 Å². The Bertz CT molecular complexity index is 1260. The van der Waals surface area contributed by atoms with E-state index in [1.54, 1.807) is 13.0 Å². The molecule has 2 unspecified atom stereocenters. The molecule has 0 saturated carbocycles. The molecule has 0 radical (unpaired) electrons. The molecule has 12 heteroatoms. The van der Waals surface area contributed by atoms with Crippen LogP contribution in [0.15, 0.2) is 34.3 Å². The number of hydrogen-bond donors (Lipinski definition) is 4. The van der Waals surface area contributed by atoms with Gasteiger partial charge in [0.25, 0.3) is 0 Å². The Morgan fingerprint density at radius 3 is 2.10 bits per heavy atom. The van der Waals surface area contributed by atoms with Gasteiger partial charge in [0.2, 0.25) is 34.9 Å². The topological polar surface area (TPSA) is 152 Å². The van der Waals surface area contributed by atoms with Crippen molar-refractivity contribution in [1.29, 1.82) is 0 Å². The number of thioether (sulfide) groups is 1. The number of amides is 4.